The maximum absolute atomic E-state index is 11.1. The fourth-order valence-corrected chi connectivity index (χ4v) is 1.34. The van der Waals surface area contributed by atoms with E-state index in [1.54, 1.807) is 18.2 Å². The summed E-state index contributed by atoms with van der Waals surface area (Å²) in [5.74, 6) is 6.14. The molecule has 0 saturated carbocycles. The molecule has 0 aliphatic carbocycles. The van der Waals surface area contributed by atoms with Crippen LogP contribution in [0.5, 0.6) is 0 Å². The molecule has 0 amide bonds. The van der Waals surface area contributed by atoms with E-state index in [1.165, 1.54) is 6.92 Å². The van der Waals surface area contributed by atoms with Gasteiger partial charge in [0.15, 0.2) is 5.78 Å². The number of ketones is 1. The molecule has 1 nitrogen and oxygen atoms in total. The zero-order chi connectivity index (χ0) is 10.6. The lowest BCUT2D eigenvalue weighted by Gasteiger charge is -1.99. The number of benzene rings is 1. The lowest BCUT2D eigenvalue weighted by Crippen LogP contribution is -1.93. The van der Waals surface area contributed by atoms with Crippen molar-refractivity contribution in [3.63, 3.8) is 0 Å². The zero-order valence-corrected chi connectivity index (χ0v) is 9.32. The van der Waals surface area contributed by atoms with E-state index in [9.17, 15) is 4.79 Å². The Kier molecular flexibility index (Phi) is 4.06. The fraction of sp³-hybridized carbons (Fsp3) is 0.182. The van der Waals surface area contributed by atoms with Crippen LogP contribution >= 0.6 is 24.2 Å². The van der Waals surface area contributed by atoms with Gasteiger partial charge in [0.1, 0.15) is 0 Å². The molecule has 0 atom stereocenters. The summed E-state index contributed by atoms with van der Waals surface area (Å²) >= 11 is 9.81. The van der Waals surface area contributed by atoms with E-state index in [0.717, 1.165) is 5.56 Å². The van der Waals surface area contributed by atoms with Crippen LogP contribution in [0.2, 0.25) is 5.02 Å². The van der Waals surface area contributed by atoms with E-state index >= 15 is 0 Å². The second kappa shape index (κ2) is 5.09. The van der Waals surface area contributed by atoms with Gasteiger partial charge in [0, 0.05) is 11.1 Å². The number of rotatable bonds is 1. The Bertz CT molecular complexity index is 415. The van der Waals surface area contributed by atoms with Crippen molar-refractivity contribution in [1.29, 1.82) is 0 Å². The van der Waals surface area contributed by atoms with Crippen LogP contribution in [-0.2, 0) is 0 Å². The summed E-state index contributed by atoms with van der Waals surface area (Å²) in [6, 6.07) is 5.16. The van der Waals surface area contributed by atoms with Gasteiger partial charge in [-0.1, -0.05) is 23.4 Å². The second-order valence-electron chi connectivity index (χ2n) is 2.71. The number of hydrogen-bond acceptors (Lipinski definition) is 2. The number of Topliss-reactive ketones (excluding diaryl/α,β-unsaturated/α-hetero) is 1. The summed E-state index contributed by atoms with van der Waals surface area (Å²) in [6.45, 7) is 1.48. The van der Waals surface area contributed by atoms with Gasteiger partial charge in [-0.3, -0.25) is 4.79 Å². The molecule has 0 bridgehead atoms. The molecule has 1 rings (SSSR count). The molecule has 0 unspecified atom stereocenters. The average Bonchev–Trinajstić information content (AvgIpc) is 2.16. The van der Waals surface area contributed by atoms with Crippen molar-refractivity contribution in [3.8, 4) is 11.8 Å². The summed E-state index contributed by atoms with van der Waals surface area (Å²) in [7, 11) is 0. The topological polar surface area (TPSA) is 17.1 Å². The molecule has 1 aromatic rings. The maximum Gasteiger partial charge on any atom is 0.161 e. The van der Waals surface area contributed by atoms with E-state index in [1.807, 2.05) is 0 Å². The van der Waals surface area contributed by atoms with E-state index in [0.29, 0.717) is 16.3 Å². The Morgan fingerprint density at radius 2 is 2.29 bits per heavy atom. The van der Waals surface area contributed by atoms with E-state index in [4.69, 9.17) is 11.6 Å². The monoisotopic (exact) mass is 224 g/mol. The van der Waals surface area contributed by atoms with Crippen LogP contribution in [0.3, 0.4) is 0 Å². The van der Waals surface area contributed by atoms with Crippen LogP contribution in [0.1, 0.15) is 22.8 Å². The molecule has 3 heteroatoms. The smallest absolute Gasteiger partial charge is 0.161 e. The molecular formula is C11H9ClOS. The number of carbonyl (C=O) groups is 1. The van der Waals surface area contributed by atoms with Crippen LogP contribution in [0.25, 0.3) is 0 Å². The van der Waals surface area contributed by atoms with Gasteiger partial charge in [0.05, 0.1) is 10.8 Å². The Morgan fingerprint density at radius 1 is 1.57 bits per heavy atom. The van der Waals surface area contributed by atoms with Crippen molar-refractivity contribution in [1.82, 2.24) is 0 Å². The predicted octanol–water partition coefficient (Wildman–Crippen LogP) is 2.82. The molecule has 0 radical (unpaired) electrons. The Morgan fingerprint density at radius 3 is 2.86 bits per heavy atom. The number of thiol groups is 1. The molecule has 0 aliphatic heterocycles. The van der Waals surface area contributed by atoms with Crippen molar-refractivity contribution in [2.75, 3.05) is 5.75 Å². The standard InChI is InChI=1S/C11H9ClOS/c1-8(13)10-7-9(3-2-6-14)4-5-11(10)12/h4-5,7,14H,6H2,1H3. The van der Waals surface area contributed by atoms with E-state index in [-0.39, 0.29) is 5.78 Å². The van der Waals surface area contributed by atoms with Gasteiger partial charge in [0.25, 0.3) is 0 Å². The van der Waals surface area contributed by atoms with Crippen LogP contribution in [0, 0.1) is 11.8 Å². The summed E-state index contributed by atoms with van der Waals surface area (Å²) < 4.78 is 0. The third-order valence-electron chi connectivity index (χ3n) is 1.66. The summed E-state index contributed by atoms with van der Waals surface area (Å²) in [4.78, 5) is 11.1. The third-order valence-corrected chi connectivity index (χ3v) is 2.15. The molecule has 0 spiro atoms. The maximum atomic E-state index is 11.1. The quantitative estimate of drug-likeness (QED) is 0.441. The van der Waals surface area contributed by atoms with Crippen LogP contribution in [-0.4, -0.2) is 11.5 Å². The Balaban J connectivity index is 3.13. The van der Waals surface area contributed by atoms with Gasteiger partial charge < -0.3 is 0 Å². The minimum atomic E-state index is -0.0514. The highest BCUT2D eigenvalue weighted by Gasteiger charge is 2.05. The fourth-order valence-electron chi connectivity index (χ4n) is 1.01. The first-order chi connectivity index (χ1) is 6.65. The summed E-state index contributed by atoms with van der Waals surface area (Å²) in [5, 5.41) is 0.467. The van der Waals surface area contributed by atoms with E-state index < -0.39 is 0 Å². The largest absolute Gasteiger partial charge is 0.294 e. The van der Waals surface area contributed by atoms with Gasteiger partial charge in [-0.05, 0) is 25.1 Å². The molecular weight excluding hydrogens is 216 g/mol. The average molecular weight is 225 g/mol. The van der Waals surface area contributed by atoms with Crippen molar-refractivity contribution in [2.24, 2.45) is 0 Å². The first-order valence-corrected chi connectivity index (χ1v) is 5.06. The SMILES string of the molecule is CC(=O)c1cc(C#CCS)ccc1Cl. The molecule has 72 valence electrons. The van der Waals surface area contributed by atoms with Gasteiger partial charge in [-0.2, -0.15) is 12.6 Å². The first kappa shape index (κ1) is 11.2. The molecule has 14 heavy (non-hydrogen) atoms. The normalized spacial score (nSPS) is 9.07. The van der Waals surface area contributed by atoms with Gasteiger partial charge in [0.2, 0.25) is 0 Å². The van der Waals surface area contributed by atoms with Gasteiger partial charge >= 0.3 is 0 Å². The molecule has 0 heterocycles. The highest BCUT2D eigenvalue weighted by molar-refractivity contribution is 7.80. The van der Waals surface area contributed by atoms with Crippen molar-refractivity contribution in [2.45, 2.75) is 6.92 Å². The highest BCUT2D eigenvalue weighted by atomic mass is 35.5. The molecule has 0 aliphatic rings. The third kappa shape index (κ3) is 2.80. The molecule has 0 N–H and O–H groups in total. The second-order valence-corrected chi connectivity index (χ2v) is 3.43. The van der Waals surface area contributed by atoms with Crippen molar-refractivity contribution in [3.05, 3.63) is 34.3 Å². The Labute approximate surface area is 93.9 Å². The predicted molar refractivity (Wildman–Crippen MR) is 62.2 cm³/mol. The highest BCUT2D eigenvalue weighted by Crippen LogP contribution is 2.17. The molecule has 0 fully saturated rings. The number of hydrogen-bond donors (Lipinski definition) is 1. The van der Waals surface area contributed by atoms with Crippen molar-refractivity contribution < 1.29 is 4.79 Å². The van der Waals surface area contributed by atoms with E-state index in [2.05, 4.69) is 24.5 Å². The first-order valence-electron chi connectivity index (χ1n) is 4.05. The molecule has 1 aromatic carbocycles. The number of carbonyl (C=O) groups excluding carboxylic acids is 1. The summed E-state index contributed by atoms with van der Waals surface area (Å²) in [6.07, 6.45) is 0. The molecule has 0 saturated heterocycles. The minimum absolute atomic E-state index is 0.0514. The number of halogens is 1. The van der Waals surface area contributed by atoms with Crippen molar-refractivity contribution >= 4 is 30.0 Å². The van der Waals surface area contributed by atoms with Crippen LogP contribution < -0.4 is 0 Å². The van der Waals surface area contributed by atoms with Gasteiger partial charge in [-0.25, -0.2) is 0 Å². The van der Waals surface area contributed by atoms with Crippen LogP contribution in [0.15, 0.2) is 18.2 Å². The minimum Gasteiger partial charge on any atom is -0.294 e. The zero-order valence-electron chi connectivity index (χ0n) is 7.67. The molecule has 0 aromatic heterocycles. The lowest BCUT2D eigenvalue weighted by molar-refractivity contribution is 0.101. The Hall–Kier alpha value is -0.910. The lowest BCUT2D eigenvalue weighted by atomic mass is 10.1. The summed E-state index contributed by atoms with van der Waals surface area (Å²) in [5.41, 5.74) is 1.30. The van der Waals surface area contributed by atoms with Gasteiger partial charge in [-0.15, -0.1) is 0 Å². The van der Waals surface area contributed by atoms with Crippen LogP contribution in [0.4, 0.5) is 0 Å².